The molecule has 0 saturated heterocycles. The number of benzene rings is 2. The largest absolute Gasteiger partial charge is 0.288 e. The van der Waals surface area contributed by atoms with Gasteiger partial charge in [0, 0.05) is 17.3 Å². The highest BCUT2D eigenvalue weighted by Gasteiger charge is 2.20. The first-order chi connectivity index (χ1) is 12.3. The van der Waals surface area contributed by atoms with Crippen molar-refractivity contribution in [2.45, 2.75) is 0 Å². The van der Waals surface area contributed by atoms with Crippen LogP contribution in [-0.4, -0.2) is 20.3 Å². The smallest absolute Gasteiger partial charge is 0.228 e. The molecule has 2 heterocycles. The molecule has 0 aliphatic heterocycles. The maximum atomic E-state index is 13.0. The molecule has 4 heteroatoms. The van der Waals surface area contributed by atoms with Crippen LogP contribution in [0.2, 0.25) is 0 Å². The van der Waals surface area contributed by atoms with Crippen LogP contribution in [0.25, 0.3) is 16.9 Å². The van der Waals surface area contributed by atoms with Crippen LogP contribution in [0.15, 0.2) is 91.4 Å². The predicted molar refractivity (Wildman–Crippen MR) is 96.7 cm³/mol. The summed E-state index contributed by atoms with van der Waals surface area (Å²) in [6, 6.07) is 22.9. The van der Waals surface area contributed by atoms with Gasteiger partial charge in [-0.3, -0.25) is 14.3 Å². The molecule has 2 aromatic carbocycles. The fourth-order valence-electron chi connectivity index (χ4n) is 2.79. The van der Waals surface area contributed by atoms with E-state index in [-0.39, 0.29) is 5.78 Å². The molecule has 0 atom stereocenters. The number of ketones is 1. The van der Waals surface area contributed by atoms with E-state index in [9.17, 15) is 4.79 Å². The van der Waals surface area contributed by atoms with Crippen LogP contribution in [0.1, 0.15) is 16.2 Å². The lowest BCUT2D eigenvalue weighted by atomic mass is 10.1. The van der Waals surface area contributed by atoms with Gasteiger partial charge in [0.05, 0.1) is 23.8 Å². The van der Waals surface area contributed by atoms with Crippen molar-refractivity contribution in [1.82, 2.24) is 14.5 Å². The minimum Gasteiger partial charge on any atom is -0.288 e. The molecule has 120 valence electrons. The third kappa shape index (κ3) is 2.85. The summed E-state index contributed by atoms with van der Waals surface area (Å²) in [5.41, 5.74) is 3.26. The summed E-state index contributed by atoms with van der Waals surface area (Å²) in [5, 5.41) is 0. The first-order valence-electron chi connectivity index (χ1n) is 7.98. The molecule has 4 nitrogen and oxygen atoms in total. The van der Waals surface area contributed by atoms with E-state index in [1.165, 1.54) is 0 Å². The number of imidazole rings is 1. The van der Waals surface area contributed by atoms with Crippen molar-refractivity contribution in [2.75, 3.05) is 0 Å². The highest BCUT2D eigenvalue weighted by Crippen LogP contribution is 2.25. The number of aromatic nitrogens is 3. The lowest BCUT2D eigenvalue weighted by molar-refractivity contribution is 0.102. The van der Waals surface area contributed by atoms with E-state index in [1.54, 1.807) is 30.7 Å². The van der Waals surface area contributed by atoms with E-state index in [2.05, 4.69) is 9.97 Å². The quantitative estimate of drug-likeness (QED) is 0.529. The van der Waals surface area contributed by atoms with Crippen molar-refractivity contribution >= 4 is 5.78 Å². The predicted octanol–water partition coefficient (Wildman–Crippen LogP) is 4.17. The van der Waals surface area contributed by atoms with Gasteiger partial charge in [-0.2, -0.15) is 0 Å². The maximum absolute atomic E-state index is 13.0. The van der Waals surface area contributed by atoms with Gasteiger partial charge in [0.25, 0.3) is 0 Å². The van der Waals surface area contributed by atoms with E-state index in [4.69, 9.17) is 0 Å². The molecule has 0 amide bonds. The second kappa shape index (κ2) is 6.53. The van der Waals surface area contributed by atoms with Crippen molar-refractivity contribution in [3.05, 3.63) is 103 Å². The zero-order valence-corrected chi connectivity index (χ0v) is 13.4. The summed E-state index contributed by atoms with van der Waals surface area (Å²) in [7, 11) is 0. The average molecular weight is 325 g/mol. The van der Waals surface area contributed by atoms with Gasteiger partial charge < -0.3 is 0 Å². The summed E-state index contributed by atoms with van der Waals surface area (Å²) in [5.74, 6) is 0.254. The van der Waals surface area contributed by atoms with Gasteiger partial charge in [-0.15, -0.1) is 0 Å². The Kier molecular flexibility index (Phi) is 3.92. The minimum absolute atomic E-state index is 0.119. The Hall–Kier alpha value is -3.53. The van der Waals surface area contributed by atoms with E-state index in [0.29, 0.717) is 11.4 Å². The van der Waals surface area contributed by atoms with Gasteiger partial charge in [0.1, 0.15) is 0 Å². The van der Waals surface area contributed by atoms with Crippen LogP contribution >= 0.6 is 0 Å². The minimum atomic E-state index is -0.119. The number of pyridine rings is 1. The Morgan fingerprint density at radius 3 is 2.20 bits per heavy atom. The molecule has 0 unspecified atom stereocenters. The summed E-state index contributed by atoms with van der Waals surface area (Å²) in [6.45, 7) is 0. The Morgan fingerprint density at radius 1 is 0.800 bits per heavy atom. The summed E-state index contributed by atoms with van der Waals surface area (Å²) in [6.07, 6.45) is 5.18. The second-order valence-corrected chi connectivity index (χ2v) is 5.57. The number of hydrogen-bond donors (Lipinski definition) is 0. The molecule has 0 aliphatic rings. The Balaban J connectivity index is 1.91. The third-order valence-corrected chi connectivity index (χ3v) is 3.97. The highest BCUT2D eigenvalue weighted by atomic mass is 16.1. The van der Waals surface area contributed by atoms with Crippen molar-refractivity contribution in [3.8, 4) is 16.9 Å². The molecule has 4 aromatic rings. The standard InChI is InChI=1S/C21H15N3O/c25-20(17-10-5-2-6-11-17)21-23-15-19(16-8-3-1-4-9-16)24(21)18-12-7-13-22-14-18/h1-15H. The zero-order valence-electron chi connectivity index (χ0n) is 13.4. The summed E-state index contributed by atoms with van der Waals surface area (Å²) in [4.78, 5) is 21.6. The van der Waals surface area contributed by atoms with Gasteiger partial charge in [0.2, 0.25) is 5.78 Å². The van der Waals surface area contributed by atoms with Crippen molar-refractivity contribution in [2.24, 2.45) is 0 Å². The Morgan fingerprint density at radius 2 is 1.52 bits per heavy atom. The van der Waals surface area contributed by atoms with Crippen LogP contribution in [0, 0.1) is 0 Å². The van der Waals surface area contributed by atoms with Crippen molar-refractivity contribution < 1.29 is 4.79 Å². The number of carbonyl (C=O) groups is 1. The third-order valence-electron chi connectivity index (χ3n) is 3.97. The van der Waals surface area contributed by atoms with Crippen LogP contribution in [0.4, 0.5) is 0 Å². The zero-order chi connectivity index (χ0) is 17.1. The molecule has 0 fully saturated rings. The SMILES string of the molecule is O=C(c1ccccc1)c1ncc(-c2ccccc2)n1-c1cccnc1. The lowest BCUT2D eigenvalue weighted by Crippen LogP contribution is -2.11. The van der Waals surface area contributed by atoms with Gasteiger partial charge >= 0.3 is 0 Å². The number of rotatable bonds is 4. The average Bonchev–Trinajstić information content (AvgIpc) is 3.14. The summed E-state index contributed by atoms with van der Waals surface area (Å²) < 4.78 is 1.86. The lowest BCUT2D eigenvalue weighted by Gasteiger charge is -2.11. The van der Waals surface area contributed by atoms with Gasteiger partial charge in [-0.05, 0) is 12.1 Å². The van der Waals surface area contributed by atoms with Crippen LogP contribution in [-0.2, 0) is 0 Å². The van der Waals surface area contributed by atoms with Crippen LogP contribution in [0.3, 0.4) is 0 Å². The van der Waals surface area contributed by atoms with Crippen LogP contribution < -0.4 is 0 Å². The molecule has 0 N–H and O–H groups in total. The first-order valence-corrected chi connectivity index (χ1v) is 7.98. The fourth-order valence-corrected chi connectivity index (χ4v) is 2.79. The molecular weight excluding hydrogens is 310 g/mol. The monoisotopic (exact) mass is 325 g/mol. The number of nitrogens with zero attached hydrogens (tertiary/aromatic N) is 3. The number of hydrogen-bond acceptors (Lipinski definition) is 3. The molecule has 0 aliphatic carbocycles. The number of carbonyl (C=O) groups excluding carboxylic acids is 1. The van der Waals surface area contributed by atoms with Gasteiger partial charge in [0.15, 0.2) is 5.82 Å². The maximum Gasteiger partial charge on any atom is 0.228 e. The molecule has 0 spiro atoms. The van der Waals surface area contributed by atoms with Gasteiger partial charge in [-0.25, -0.2) is 4.98 Å². The molecule has 4 rings (SSSR count). The Bertz CT molecular complexity index is 993. The van der Waals surface area contributed by atoms with E-state index < -0.39 is 0 Å². The highest BCUT2D eigenvalue weighted by molar-refractivity contribution is 6.07. The first kappa shape index (κ1) is 15.0. The van der Waals surface area contributed by atoms with Crippen molar-refractivity contribution in [1.29, 1.82) is 0 Å². The van der Waals surface area contributed by atoms with Crippen molar-refractivity contribution in [3.63, 3.8) is 0 Å². The van der Waals surface area contributed by atoms with E-state index in [1.807, 2.05) is 65.2 Å². The normalized spacial score (nSPS) is 10.6. The molecular formula is C21H15N3O. The fraction of sp³-hybridized carbons (Fsp3) is 0. The second-order valence-electron chi connectivity index (χ2n) is 5.57. The van der Waals surface area contributed by atoms with Gasteiger partial charge in [-0.1, -0.05) is 60.7 Å². The molecule has 0 saturated carbocycles. The van der Waals surface area contributed by atoms with E-state index in [0.717, 1.165) is 16.9 Å². The summed E-state index contributed by atoms with van der Waals surface area (Å²) >= 11 is 0. The molecule has 2 aromatic heterocycles. The molecule has 0 radical (unpaired) electrons. The molecule has 0 bridgehead atoms. The Labute approximate surface area is 145 Å². The topological polar surface area (TPSA) is 47.8 Å². The molecule has 25 heavy (non-hydrogen) atoms. The van der Waals surface area contributed by atoms with E-state index >= 15 is 0 Å². The van der Waals surface area contributed by atoms with Crippen LogP contribution in [0.5, 0.6) is 0 Å².